The zero-order chi connectivity index (χ0) is 19.1. The van der Waals surface area contributed by atoms with Crippen LogP contribution in [0.5, 0.6) is 0 Å². The van der Waals surface area contributed by atoms with Crippen LogP contribution in [0.4, 0.5) is 0 Å². The topological polar surface area (TPSA) is 62.3 Å². The van der Waals surface area contributed by atoms with Crippen LogP contribution in [0.25, 0.3) is 10.6 Å². The molecule has 0 saturated carbocycles. The number of nitrogens with zero attached hydrogens (tertiary/aromatic N) is 2. The molecule has 3 heterocycles. The number of carbonyl (C=O) groups excluding carboxylic acids is 2. The van der Waals surface area contributed by atoms with Gasteiger partial charge in [-0.2, -0.15) is 11.3 Å². The summed E-state index contributed by atoms with van der Waals surface area (Å²) in [4.78, 5) is 31.6. The van der Waals surface area contributed by atoms with E-state index in [1.165, 1.54) is 24.2 Å². The first-order chi connectivity index (χ1) is 13.2. The Balaban J connectivity index is 1.53. The molecule has 1 aliphatic heterocycles. The summed E-state index contributed by atoms with van der Waals surface area (Å²) in [5.74, 6) is -0.0849. The zero-order valence-electron chi connectivity index (χ0n) is 15.8. The molecule has 7 heteroatoms. The van der Waals surface area contributed by atoms with Crippen LogP contribution in [-0.4, -0.2) is 41.3 Å². The van der Waals surface area contributed by atoms with Crippen LogP contribution in [0.2, 0.25) is 0 Å². The molecule has 5 nitrogen and oxygen atoms in total. The van der Waals surface area contributed by atoms with Crippen molar-refractivity contribution in [1.29, 1.82) is 0 Å². The molecular formula is C20H27N3O2S2. The van der Waals surface area contributed by atoms with Gasteiger partial charge in [0.05, 0.1) is 5.92 Å². The molecule has 146 valence electrons. The van der Waals surface area contributed by atoms with Crippen molar-refractivity contribution in [2.75, 3.05) is 19.6 Å². The van der Waals surface area contributed by atoms with E-state index in [1.54, 1.807) is 16.2 Å². The van der Waals surface area contributed by atoms with Gasteiger partial charge in [-0.15, -0.1) is 11.3 Å². The van der Waals surface area contributed by atoms with Gasteiger partial charge in [0.2, 0.25) is 5.91 Å². The van der Waals surface area contributed by atoms with Crippen molar-refractivity contribution in [3.63, 3.8) is 0 Å². The molecule has 1 saturated heterocycles. The minimum absolute atomic E-state index is 0.0619. The van der Waals surface area contributed by atoms with Crippen molar-refractivity contribution in [2.45, 2.75) is 45.4 Å². The van der Waals surface area contributed by atoms with Gasteiger partial charge in [0.25, 0.3) is 5.91 Å². The van der Waals surface area contributed by atoms with Crippen LogP contribution in [0.3, 0.4) is 0 Å². The second kappa shape index (κ2) is 9.99. The number of thiophene rings is 1. The second-order valence-electron chi connectivity index (χ2n) is 6.99. The van der Waals surface area contributed by atoms with E-state index in [0.29, 0.717) is 18.8 Å². The molecular weight excluding hydrogens is 378 g/mol. The molecule has 1 unspecified atom stereocenters. The fourth-order valence-corrected chi connectivity index (χ4v) is 4.84. The Morgan fingerprint density at radius 2 is 2.19 bits per heavy atom. The highest BCUT2D eigenvalue weighted by Gasteiger charge is 2.29. The van der Waals surface area contributed by atoms with Gasteiger partial charge in [-0.1, -0.05) is 26.2 Å². The number of thiazole rings is 1. The predicted octanol–water partition coefficient (Wildman–Crippen LogP) is 4.42. The highest BCUT2D eigenvalue weighted by Crippen LogP contribution is 2.27. The maximum absolute atomic E-state index is 12.8. The average Bonchev–Trinajstić information content (AvgIpc) is 3.38. The van der Waals surface area contributed by atoms with Gasteiger partial charge in [-0.05, 0) is 30.7 Å². The summed E-state index contributed by atoms with van der Waals surface area (Å²) in [5, 5.41) is 9.79. The number of hydrogen-bond acceptors (Lipinski definition) is 5. The first kappa shape index (κ1) is 20.0. The summed E-state index contributed by atoms with van der Waals surface area (Å²) in [7, 11) is 0. The van der Waals surface area contributed by atoms with Crippen molar-refractivity contribution in [3.8, 4) is 10.6 Å². The standard InChI is InChI=1S/C20H27N3O2S2/c1-2-3-4-5-9-21-18(24)15-7-6-10-23(12-15)20(25)17-14-27-19(22-17)16-8-11-26-13-16/h8,11,13-15H,2-7,9-10,12H2,1H3,(H,21,24). The second-order valence-corrected chi connectivity index (χ2v) is 8.63. The van der Waals surface area contributed by atoms with Crippen molar-refractivity contribution in [2.24, 2.45) is 5.92 Å². The number of amides is 2. The molecule has 0 aromatic carbocycles. The van der Waals surface area contributed by atoms with E-state index in [0.717, 1.165) is 42.8 Å². The van der Waals surface area contributed by atoms with Gasteiger partial charge in [0.1, 0.15) is 10.7 Å². The van der Waals surface area contributed by atoms with Gasteiger partial charge in [-0.25, -0.2) is 4.98 Å². The van der Waals surface area contributed by atoms with Crippen LogP contribution in [0.1, 0.15) is 55.9 Å². The van der Waals surface area contributed by atoms with E-state index in [9.17, 15) is 9.59 Å². The highest BCUT2D eigenvalue weighted by molar-refractivity contribution is 7.14. The van der Waals surface area contributed by atoms with Gasteiger partial charge < -0.3 is 10.2 Å². The van der Waals surface area contributed by atoms with E-state index in [4.69, 9.17) is 0 Å². The molecule has 0 spiro atoms. The smallest absolute Gasteiger partial charge is 0.273 e. The number of aromatic nitrogens is 1. The summed E-state index contributed by atoms with van der Waals surface area (Å²) in [6, 6.07) is 2.01. The Hall–Kier alpha value is -1.73. The fourth-order valence-electron chi connectivity index (χ4n) is 3.34. The van der Waals surface area contributed by atoms with E-state index in [1.807, 2.05) is 22.2 Å². The molecule has 1 N–H and O–H groups in total. The lowest BCUT2D eigenvalue weighted by atomic mass is 9.97. The van der Waals surface area contributed by atoms with Crippen LogP contribution in [0, 0.1) is 5.92 Å². The molecule has 1 fully saturated rings. The Morgan fingerprint density at radius 1 is 1.30 bits per heavy atom. The van der Waals surface area contributed by atoms with Gasteiger partial charge in [0, 0.05) is 36.0 Å². The largest absolute Gasteiger partial charge is 0.356 e. The van der Waals surface area contributed by atoms with Gasteiger partial charge in [0.15, 0.2) is 0 Å². The molecule has 27 heavy (non-hydrogen) atoms. The van der Waals surface area contributed by atoms with E-state index >= 15 is 0 Å². The summed E-state index contributed by atoms with van der Waals surface area (Å²) >= 11 is 3.11. The summed E-state index contributed by atoms with van der Waals surface area (Å²) in [6.07, 6.45) is 6.30. The van der Waals surface area contributed by atoms with E-state index < -0.39 is 0 Å². The fraction of sp³-hybridized carbons (Fsp3) is 0.550. The molecule has 0 bridgehead atoms. The van der Waals surface area contributed by atoms with Crippen molar-refractivity contribution in [1.82, 2.24) is 15.2 Å². The molecule has 0 radical (unpaired) electrons. The quantitative estimate of drug-likeness (QED) is 0.661. The molecule has 1 atom stereocenters. The predicted molar refractivity (Wildman–Crippen MR) is 111 cm³/mol. The minimum Gasteiger partial charge on any atom is -0.356 e. The number of hydrogen-bond donors (Lipinski definition) is 1. The number of unbranched alkanes of at least 4 members (excludes halogenated alkanes) is 3. The molecule has 1 aliphatic rings. The van der Waals surface area contributed by atoms with Crippen molar-refractivity contribution < 1.29 is 9.59 Å². The third kappa shape index (κ3) is 5.39. The maximum Gasteiger partial charge on any atom is 0.273 e. The number of likely N-dealkylation sites (tertiary alicyclic amines) is 1. The zero-order valence-corrected chi connectivity index (χ0v) is 17.4. The van der Waals surface area contributed by atoms with Crippen LogP contribution < -0.4 is 5.32 Å². The van der Waals surface area contributed by atoms with Gasteiger partial charge >= 0.3 is 0 Å². The van der Waals surface area contributed by atoms with Crippen molar-refractivity contribution >= 4 is 34.5 Å². The number of rotatable bonds is 8. The first-order valence-corrected chi connectivity index (χ1v) is 11.6. The maximum atomic E-state index is 12.8. The molecule has 2 aromatic rings. The number of piperidine rings is 1. The monoisotopic (exact) mass is 405 g/mol. The Labute approximate surface area is 168 Å². The average molecular weight is 406 g/mol. The third-order valence-corrected chi connectivity index (χ3v) is 6.47. The Bertz CT molecular complexity index is 742. The van der Waals surface area contributed by atoms with Gasteiger partial charge in [-0.3, -0.25) is 9.59 Å². The normalized spacial score (nSPS) is 17.1. The minimum atomic E-state index is -0.108. The van der Waals surface area contributed by atoms with Crippen LogP contribution in [0.15, 0.2) is 22.2 Å². The van der Waals surface area contributed by atoms with Crippen LogP contribution >= 0.6 is 22.7 Å². The first-order valence-electron chi connectivity index (χ1n) is 9.74. The lowest BCUT2D eigenvalue weighted by Gasteiger charge is -2.31. The molecule has 2 amide bonds. The molecule has 3 rings (SSSR count). The third-order valence-electron chi connectivity index (χ3n) is 4.90. The SMILES string of the molecule is CCCCCCNC(=O)C1CCCN(C(=O)c2csc(-c3ccsc3)n2)C1. The number of nitrogens with one attached hydrogen (secondary N) is 1. The lowest BCUT2D eigenvalue weighted by molar-refractivity contribution is -0.126. The highest BCUT2D eigenvalue weighted by atomic mass is 32.1. The van der Waals surface area contributed by atoms with Crippen LogP contribution in [-0.2, 0) is 4.79 Å². The van der Waals surface area contributed by atoms with E-state index in [2.05, 4.69) is 17.2 Å². The van der Waals surface area contributed by atoms with E-state index in [-0.39, 0.29) is 17.7 Å². The summed E-state index contributed by atoms with van der Waals surface area (Å²) < 4.78 is 0. The summed E-state index contributed by atoms with van der Waals surface area (Å²) in [6.45, 7) is 4.10. The molecule has 0 aliphatic carbocycles. The number of carbonyl (C=O) groups is 2. The lowest BCUT2D eigenvalue weighted by Crippen LogP contribution is -2.45. The Morgan fingerprint density at radius 3 is 2.96 bits per heavy atom. The molecule has 2 aromatic heterocycles. The Kier molecular flexibility index (Phi) is 7.41. The van der Waals surface area contributed by atoms with Crippen molar-refractivity contribution in [3.05, 3.63) is 27.9 Å². The summed E-state index contributed by atoms with van der Waals surface area (Å²) in [5.41, 5.74) is 1.55.